The minimum atomic E-state index is -3.90. The summed E-state index contributed by atoms with van der Waals surface area (Å²) in [5, 5.41) is 2.87. The molecule has 1 amide bonds. The van der Waals surface area contributed by atoms with Gasteiger partial charge in [0.05, 0.1) is 10.6 Å². The number of anilines is 1. The topological polar surface area (TPSA) is 66.5 Å². The summed E-state index contributed by atoms with van der Waals surface area (Å²) in [7, 11) is -3.90. The summed E-state index contributed by atoms with van der Waals surface area (Å²) in [5.74, 6) is 0.538. The Morgan fingerprint density at radius 3 is 2.00 bits per heavy atom. The molecule has 0 saturated carbocycles. The van der Waals surface area contributed by atoms with Gasteiger partial charge in [-0.1, -0.05) is 35.4 Å². The van der Waals surface area contributed by atoms with Crippen LogP contribution in [0.2, 0.25) is 0 Å². The third kappa shape index (κ3) is 7.29. The molecule has 0 aromatic heterocycles. The lowest BCUT2D eigenvalue weighted by atomic mass is 10.2. The molecule has 34 heavy (non-hydrogen) atoms. The normalized spacial score (nSPS) is 11.3. The number of sulfonamides is 1. The van der Waals surface area contributed by atoms with Gasteiger partial charge in [0.1, 0.15) is 6.54 Å². The average Bonchev–Trinajstić information content (AvgIpc) is 2.84. The number of carbonyl (C=O) groups is 1. The molecular weight excluding hydrogens is 484 g/mol. The zero-order valence-electron chi connectivity index (χ0n) is 19.7. The second-order valence-electron chi connectivity index (χ2n) is 7.89. The van der Waals surface area contributed by atoms with Crippen molar-refractivity contribution >= 4 is 45.1 Å². The third-order valence-electron chi connectivity index (χ3n) is 5.19. The minimum absolute atomic E-state index is 0.160. The zero-order valence-corrected chi connectivity index (χ0v) is 22.1. The predicted octanol–water partition coefficient (Wildman–Crippen LogP) is 5.52. The van der Waals surface area contributed by atoms with Crippen LogP contribution >= 0.6 is 23.5 Å². The number of carbonyl (C=O) groups excluding carboxylic acids is 1. The Balaban J connectivity index is 1.64. The highest BCUT2D eigenvalue weighted by atomic mass is 32.2. The van der Waals surface area contributed by atoms with Gasteiger partial charge in [0, 0.05) is 16.3 Å². The molecule has 5 nitrogen and oxygen atoms in total. The van der Waals surface area contributed by atoms with Crippen molar-refractivity contribution < 1.29 is 13.2 Å². The number of aryl methyl sites for hydroxylation is 2. The van der Waals surface area contributed by atoms with Crippen LogP contribution < -0.4 is 9.62 Å². The molecule has 8 heteroatoms. The Labute approximate surface area is 211 Å². The molecule has 0 radical (unpaired) electrons. The van der Waals surface area contributed by atoms with Crippen LogP contribution in [0, 0.1) is 13.8 Å². The van der Waals surface area contributed by atoms with Crippen molar-refractivity contribution in [1.29, 1.82) is 0 Å². The molecule has 3 aromatic rings. The van der Waals surface area contributed by atoms with Gasteiger partial charge in [-0.3, -0.25) is 9.10 Å². The van der Waals surface area contributed by atoms with E-state index in [0.717, 1.165) is 22.6 Å². The molecule has 180 valence electrons. The number of amides is 1. The first-order chi connectivity index (χ1) is 16.3. The number of nitrogens with one attached hydrogen (secondary N) is 1. The SMILES string of the molecule is CSc1ccc(S(=O)(=O)N(CC(=O)NCCCSc2ccc(C)cc2)c2ccc(C)cc2)cc1. The molecule has 0 bridgehead atoms. The van der Waals surface area contributed by atoms with Gasteiger partial charge in [-0.05, 0) is 80.8 Å². The standard InChI is InChI=1S/C26H30N2O3S3/c1-20-5-9-22(10-6-20)28(34(30,31)25-15-13-23(32-3)14-16-25)19-26(29)27-17-4-18-33-24-11-7-21(2)8-12-24/h5-16H,4,17-19H2,1-3H3,(H,27,29). The van der Waals surface area contributed by atoms with Gasteiger partial charge in [-0.2, -0.15) is 0 Å². The van der Waals surface area contributed by atoms with Crippen molar-refractivity contribution in [1.82, 2.24) is 5.32 Å². The molecule has 0 aliphatic carbocycles. The molecule has 0 spiro atoms. The molecule has 3 rings (SSSR count). The predicted molar refractivity (Wildman–Crippen MR) is 143 cm³/mol. The van der Waals surface area contributed by atoms with Gasteiger partial charge < -0.3 is 5.32 Å². The summed E-state index contributed by atoms with van der Waals surface area (Å²) in [4.78, 5) is 15.0. The smallest absolute Gasteiger partial charge is 0.264 e. The van der Waals surface area contributed by atoms with Gasteiger partial charge in [0.25, 0.3) is 10.0 Å². The number of rotatable bonds is 11. The number of nitrogens with zero attached hydrogens (tertiary/aromatic N) is 1. The highest BCUT2D eigenvalue weighted by molar-refractivity contribution is 7.99. The van der Waals surface area contributed by atoms with E-state index in [1.165, 1.54) is 14.8 Å². The van der Waals surface area contributed by atoms with Crippen molar-refractivity contribution in [2.75, 3.05) is 29.4 Å². The van der Waals surface area contributed by atoms with Crippen molar-refractivity contribution in [2.45, 2.75) is 35.0 Å². The Morgan fingerprint density at radius 1 is 0.853 bits per heavy atom. The van der Waals surface area contributed by atoms with Crippen molar-refractivity contribution in [2.24, 2.45) is 0 Å². The second kappa shape index (κ2) is 12.3. The third-order valence-corrected chi connectivity index (χ3v) is 8.82. The van der Waals surface area contributed by atoms with Crippen LogP contribution in [0.3, 0.4) is 0 Å². The number of hydrogen-bond donors (Lipinski definition) is 1. The Bertz CT molecular complexity index is 1180. The molecule has 3 aromatic carbocycles. The van der Waals surface area contributed by atoms with Crippen LogP contribution in [-0.4, -0.2) is 39.4 Å². The highest BCUT2D eigenvalue weighted by Gasteiger charge is 2.27. The molecule has 0 heterocycles. The van der Waals surface area contributed by atoms with Gasteiger partial charge in [0.2, 0.25) is 5.91 Å². The van der Waals surface area contributed by atoms with Crippen molar-refractivity contribution in [3.8, 4) is 0 Å². The zero-order chi connectivity index (χ0) is 24.6. The van der Waals surface area contributed by atoms with E-state index in [1.807, 2.05) is 25.3 Å². The van der Waals surface area contributed by atoms with Gasteiger partial charge >= 0.3 is 0 Å². The van der Waals surface area contributed by atoms with Crippen LogP contribution in [0.25, 0.3) is 0 Å². The van der Waals surface area contributed by atoms with Gasteiger partial charge in [-0.15, -0.1) is 23.5 Å². The molecule has 0 atom stereocenters. The molecule has 0 aliphatic rings. The average molecular weight is 515 g/mol. The van der Waals surface area contributed by atoms with Gasteiger partial charge in [-0.25, -0.2) is 8.42 Å². The van der Waals surface area contributed by atoms with Crippen molar-refractivity contribution in [3.63, 3.8) is 0 Å². The number of hydrogen-bond acceptors (Lipinski definition) is 5. The maximum Gasteiger partial charge on any atom is 0.264 e. The largest absolute Gasteiger partial charge is 0.354 e. The van der Waals surface area contributed by atoms with Crippen LogP contribution in [0.4, 0.5) is 5.69 Å². The molecule has 0 saturated heterocycles. The van der Waals surface area contributed by atoms with Crippen LogP contribution in [-0.2, 0) is 14.8 Å². The Morgan fingerprint density at radius 2 is 1.41 bits per heavy atom. The summed E-state index contributed by atoms with van der Waals surface area (Å²) >= 11 is 3.28. The van der Waals surface area contributed by atoms with Crippen molar-refractivity contribution in [3.05, 3.63) is 83.9 Å². The fraction of sp³-hybridized carbons (Fsp3) is 0.269. The molecule has 0 fully saturated rings. The highest BCUT2D eigenvalue weighted by Crippen LogP contribution is 2.26. The summed E-state index contributed by atoms with van der Waals surface area (Å²) in [6.07, 6.45) is 2.73. The van der Waals surface area contributed by atoms with E-state index in [4.69, 9.17) is 0 Å². The van der Waals surface area contributed by atoms with Gasteiger partial charge in [0.15, 0.2) is 0 Å². The number of benzene rings is 3. The summed E-state index contributed by atoms with van der Waals surface area (Å²) in [6, 6.07) is 22.2. The lowest BCUT2D eigenvalue weighted by Gasteiger charge is -2.24. The van der Waals surface area contributed by atoms with E-state index in [9.17, 15) is 13.2 Å². The van der Waals surface area contributed by atoms with Crippen LogP contribution in [0.15, 0.2) is 87.5 Å². The fourth-order valence-corrected chi connectivity index (χ4v) is 5.89. The van der Waals surface area contributed by atoms with E-state index < -0.39 is 10.0 Å². The summed E-state index contributed by atoms with van der Waals surface area (Å²) in [5.41, 5.74) is 2.70. The molecule has 1 N–H and O–H groups in total. The Hall–Kier alpha value is -2.42. The van der Waals surface area contributed by atoms with E-state index in [2.05, 4.69) is 36.5 Å². The minimum Gasteiger partial charge on any atom is -0.354 e. The van der Waals surface area contributed by atoms with E-state index >= 15 is 0 Å². The summed E-state index contributed by atoms with van der Waals surface area (Å²) < 4.78 is 28.1. The quantitative estimate of drug-likeness (QED) is 0.270. The van der Waals surface area contributed by atoms with E-state index in [1.54, 1.807) is 59.9 Å². The molecule has 0 unspecified atom stereocenters. The fourth-order valence-electron chi connectivity index (χ4n) is 3.21. The van der Waals surface area contributed by atoms with Crippen LogP contribution in [0.1, 0.15) is 17.5 Å². The van der Waals surface area contributed by atoms with E-state index in [-0.39, 0.29) is 17.3 Å². The van der Waals surface area contributed by atoms with E-state index in [0.29, 0.717) is 12.2 Å². The Kier molecular flexibility index (Phi) is 9.50. The first kappa shape index (κ1) is 26.2. The first-order valence-corrected chi connectivity index (χ1v) is 14.6. The first-order valence-electron chi connectivity index (χ1n) is 11.0. The van der Waals surface area contributed by atoms with Crippen LogP contribution in [0.5, 0.6) is 0 Å². The maximum atomic E-state index is 13.4. The molecular formula is C26H30N2O3S3. The maximum absolute atomic E-state index is 13.4. The second-order valence-corrected chi connectivity index (χ2v) is 11.8. The number of thioether (sulfide) groups is 2. The monoisotopic (exact) mass is 514 g/mol. The lowest BCUT2D eigenvalue weighted by Crippen LogP contribution is -2.41. The lowest BCUT2D eigenvalue weighted by molar-refractivity contribution is -0.119. The summed E-state index contributed by atoms with van der Waals surface area (Å²) in [6.45, 7) is 4.21. The molecule has 0 aliphatic heterocycles.